The van der Waals surface area contributed by atoms with Gasteiger partial charge >= 0.3 is 0 Å². The summed E-state index contributed by atoms with van der Waals surface area (Å²) < 4.78 is 5.32. The minimum Gasteiger partial charge on any atom is -0.382 e. The van der Waals surface area contributed by atoms with Crippen LogP contribution in [0.4, 0.5) is 0 Å². The van der Waals surface area contributed by atoms with Crippen LogP contribution >= 0.6 is 0 Å². The number of likely N-dealkylation sites (tertiary alicyclic amines) is 1. The van der Waals surface area contributed by atoms with Gasteiger partial charge in [-0.05, 0) is 45.2 Å². The molecule has 0 aromatic heterocycles. The molecule has 1 rings (SSSR count). The predicted molar refractivity (Wildman–Crippen MR) is 85.3 cm³/mol. The molecule has 0 aromatic rings. The number of guanidine groups is 1. The van der Waals surface area contributed by atoms with Gasteiger partial charge in [-0.2, -0.15) is 0 Å². The van der Waals surface area contributed by atoms with Gasteiger partial charge in [0.05, 0.1) is 0 Å². The fourth-order valence-electron chi connectivity index (χ4n) is 2.59. The first-order chi connectivity index (χ1) is 9.80. The smallest absolute Gasteiger partial charge is 0.190 e. The summed E-state index contributed by atoms with van der Waals surface area (Å²) in [5, 5.41) is 6.77. The quantitative estimate of drug-likeness (QED) is 0.381. The molecular weight excluding hydrogens is 252 g/mol. The molecule has 1 fully saturated rings. The van der Waals surface area contributed by atoms with E-state index in [9.17, 15) is 0 Å². The van der Waals surface area contributed by atoms with Gasteiger partial charge in [0, 0.05) is 39.9 Å². The Morgan fingerprint density at radius 2 is 2.20 bits per heavy atom. The third-order valence-corrected chi connectivity index (χ3v) is 3.65. The normalized spacial score (nSPS) is 20.4. The first kappa shape index (κ1) is 17.2. The van der Waals surface area contributed by atoms with Crippen molar-refractivity contribution in [3.05, 3.63) is 0 Å². The van der Waals surface area contributed by atoms with Gasteiger partial charge in [0.1, 0.15) is 0 Å². The van der Waals surface area contributed by atoms with E-state index in [1.807, 2.05) is 14.0 Å². The Hall–Kier alpha value is -0.810. The number of aliphatic imine (C=N–C) groups is 1. The lowest BCUT2D eigenvalue weighted by molar-refractivity contribution is 0.145. The highest BCUT2D eigenvalue weighted by Gasteiger charge is 2.21. The van der Waals surface area contributed by atoms with Crippen molar-refractivity contribution in [2.75, 3.05) is 53.0 Å². The van der Waals surface area contributed by atoms with E-state index in [1.54, 1.807) is 0 Å². The molecule has 0 radical (unpaired) electrons. The topological polar surface area (TPSA) is 48.9 Å². The molecule has 1 saturated heterocycles. The average Bonchev–Trinajstić information content (AvgIpc) is 2.90. The Bertz CT molecular complexity index is 271. The summed E-state index contributed by atoms with van der Waals surface area (Å²) in [6.07, 6.45) is 3.57. The van der Waals surface area contributed by atoms with Gasteiger partial charge in [-0.1, -0.05) is 6.92 Å². The van der Waals surface area contributed by atoms with E-state index in [4.69, 9.17) is 4.74 Å². The number of hydrogen-bond donors (Lipinski definition) is 2. The number of nitrogens with one attached hydrogen (secondary N) is 2. The van der Waals surface area contributed by atoms with Crippen LogP contribution in [0.1, 0.15) is 33.1 Å². The van der Waals surface area contributed by atoms with Crippen molar-refractivity contribution in [1.82, 2.24) is 15.5 Å². The van der Waals surface area contributed by atoms with Crippen molar-refractivity contribution in [1.29, 1.82) is 0 Å². The third kappa shape index (κ3) is 7.10. The molecule has 1 unspecified atom stereocenters. The van der Waals surface area contributed by atoms with Crippen LogP contribution in [0.2, 0.25) is 0 Å². The number of rotatable bonds is 9. The predicted octanol–water partition coefficient (Wildman–Crippen LogP) is 1.31. The van der Waals surface area contributed by atoms with Crippen molar-refractivity contribution in [3.8, 4) is 0 Å². The molecule has 0 bridgehead atoms. The fraction of sp³-hybridized carbons (Fsp3) is 0.933. The summed E-state index contributed by atoms with van der Waals surface area (Å²) in [6.45, 7) is 11.5. The summed E-state index contributed by atoms with van der Waals surface area (Å²) in [7, 11) is 1.83. The van der Waals surface area contributed by atoms with Gasteiger partial charge in [-0.15, -0.1) is 0 Å². The van der Waals surface area contributed by atoms with E-state index in [0.29, 0.717) is 0 Å². The second-order valence-corrected chi connectivity index (χ2v) is 5.39. The SMILES string of the molecule is CCCN1CCC(CNC(=NC)NCCCOCC)C1. The van der Waals surface area contributed by atoms with E-state index in [-0.39, 0.29) is 0 Å². The minimum atomic E-state index is 0.753. The van der Waals surface area contributed by atoms with Crippen molar-refractivity contribution in [2.24, 2.45) is 10.9 Å². The highest BCUT2D eigenvalue weighted by atomic mass is 16.5. The lowest BCUT2D eigenvalue weighted by atomic mass is 10.1. The van der Waals surface area contributed by atoms with E-state index in [1.165, 1.54) is 32.5 Å². The van der Waals surface area contributed by atoms with Crippen LogP contribution in [0.25, 0.3) is 0 Å². The number of nitrogens with zero attached hydrogens (tertiary/aromatic N) is 2. The van der Waals surface area contributed by atoms with Crippen LogP contribution in [0.3, 0.4) is 0 Å². The number of hydrogen-bond acceptors (Lipinski definition) is 3. The van der Waals surface area contributed by atoms with E-state index < -0.39 is 0 Å². The second kappa shape index (κ2) is 10.9. The molecule has 1 heterocycles. The standard InChI is InChI=1S/C15H32N4O/c1-4-9-19-10-7-14(13-19)12-18-15(16-3)17-8-6-11-20-5-2/h14H,4-13H2,1-3H3,(H2,16,17,18). The van der Waals surface area contributed by atoms with Crippen LogP contribution in [-0.4, -0.2) is 63.8 Å². The molecule has 0 spiro atoms. The zero-order chi connectivity index (χ0) is 14.6. The summed E-state index contributed by atoms with van der Waals surface area (Å²) in [4.78, 5) is 6.82. The first-order valence-corrected chi connectivity index (χ1v) is 8.04. The van der Waals surface area contributed by atoms with Crippen LogP contribution in [-0.2, 0) is 4.74 Å². The monoisotopic (exact) mass is 284 g/mol. The molecule has 2 N–H and O–H groups in total. The Kier molecular flexibility index (Phi) is 9.41. The molecule has 20 heavy (non-hydrogen) atoms. The highest BCUT2D eigenvalue weighted by molar-refractivity contribution is 5.79. The van der Waals surface area contributed by atoms with Crippen LogP contribution < -0.4 is 10.6 Å². The van der Waals surface area contributed by atoms with Crippen LogP contribution in [0.5, 0.6) is 0 Å². The Morgan fingerprint density at radius 3 is 2.90 bits per heavy atom. The maximum Gasteiger partial charge on any atom is 0.190 e. The molecule has 0 amide bonds. The van der Waals surface area contributed by atoms with Crippen molar-refractivity contribution in [2.45, 2.75) is 33.1 Å². The third-order valence-electron chi connectivity index (χ3n) is 3.65. The Balaban J connectivity index is 2.09. The maximum atomic E-state index is 5.32. The van der Waals surface area contributed by atoms with Gasteiger partial charge in [-0.25, -0.2) is 0 Å². The zero-order valence-corrected chi connectivity index (χ0v) is 13.5. The van der Waals surface area contributed by atoms with Gasteiger partial charge in [0.25, 0.3) is 0 Å². The summed E-state index contributed by atoms with van der Waals surface area (Å²) in [5.41, 5.74) is 0. The fourth-order valence-corrected chi connectivity index (χ4v) is 2.59. The molecule has 0 saturated carbocycles. The van der Waals surface area contributed by atoms with Crippen molar-refractivity contribution < 1.29 is 4.74 Å². The summed E-state index contributed by atoms with van der Waals surface area (Å²) in [5.74, 6) is 1.67. The van der Waals surface area contributed by atoms with E-state index in [2.05, 4.69) is 27.4 Å². The van der Waals surface area contributed by atoms with Crippen molar-refractivity contribution >= 4 is 5.96 Å². The number of ether oxygens (including phenoxy) is 1. The molecule has 1 aliphatic heterocycles. The highest BCUT2D eigenvalue weighted by Crippen LogP contribution is 2.15. The van der Waals surface area contributed by atoms with Crippen LogP contribution in [0.15, 0.2) is 4.99 Å². The molecule has 0 aliphatic carbocycles. The van der Waals surface area contributed by atoms with Crippen LogP contribution in [0, 0.1) is 5.92 Å². The minimum absolute atomic E-state index is 0.753. The maximum absolute atomic E-state index is 5.32. The Morgan fingerprint density at radius 1 is 1.35 bits per heavy atom. The molecule has 118 valence electrons. The first-order valence-electron chi connectivity index (χ1n) is 8.04. The average molecular weight is 284 g/mol. The molecule has 1 atom stereocenters. The Labute approximate surface area is 124 Å². The second-order valence-electron chi connectivity index (χ2n) is 5.39. The van der Waals surface area contributed by atoms with Gasteiger partial charge in [0.2, 0.25) is 0 Å². The van der Waals surface area contributed by atoms with E-state index in [0.717, 1.165) is 44.6 Å². The largest absolute Gasteiger partial charge is 0.382 e. The lowest BCUT2D eigenvalue weighted by Gasteiger charge is -2.17. The van der Waals surface area contributed by atoms with Gasteiger partial charge < -0.3 is 20.3 Å². The lowest BCUT2D eigenvalue weighted by Crippen LogP contribution is -2.40. The molecule has 5 heteroatoms. The van der Waals surface area contributed by atoms with Crippen molar-refractivity contribution in [3.63, 3.8) is 0 Å². The summed E-state index contributed by atoms with van der Waals surface area (Å²) in [6, 6.07) is 0. The van der Waals surface area contributed by atoms with E-state index >= 15 is 0 Å². The van der Waals surface area contributed by atoms with Gasteiger partial charge in [-0.3, -0.25) is 4.99 Å². The molecule has 0 aromatic carbocycles. The molecule has 1 aliphatic rings. The summed E-state index contributed by atoms with van der Waals surface area (Å²) >= 11 is 0. The molecule has 5 nitrogen and oxygen atoms in total. The molecular formula is C15H32N4O. The zero-order valence-electron chi connectivity index (χ0n) is 13.5. The van der Waals surface area contributed by atoms with Gasteiger partial charge in [0.15, 0.2) is 5.96 Å².